The van der Waals surface area contributed by atoms with Crippen LogP contribution < -0.4 is 5.32 Å². The highest BCUT2D eigenvalue weighted by Crippen LogP contribution is 2.19. The zero-order valence-corrected chi connectivity index (χ0v) is 9.93. The van der Waals surface area contributed by atoms with E-state index < -0.39 is 11.6 Å². The maximum Gasteiger partial charge on any atom is 0.254 e. The fourth-order valence-corrected chi connectivity index (χ4v) is 1.74. The van der Waals surface area contributed by atoms with E-state index in [4.69, 9.17) is 0 Å². The van der Waals surface area contributed by atoms with Gasteiger partial charge >= 0.3 is 0 Å². The van der Waals surface area contributed by atoms with Crippen LogP contribution in [0, 0.1) is 18.6 Å². The second-order valence-corrected chi connectivity index (χ2v) is 4.01. The summed E-state index contributed by atoms with van der Waals surface area (Å²) < 4.78 is 27.5. The summed E-state index contributed by atoms with van der Waals surface area (Å²) in [5.41, 5.74) is 1.16. The zero-order valence-electron chi connectivity index (χ0n) is 9.93. The molecule has 0 aliphatic heterocycles. The fraction of sp³-hybridized carbons (Fsp3) is 0.0833. The molecule has 0 atom stereocenters. The van der Waals surface area contributed by atoms with Crippen LogP contribution in [0.2, 0.25) is 0 Å². The lowest BCUT2D eigenvalue weighted by atomic mass is 10.3. The number of hydrogen-bond donors (Lipinski definition) is 1. The van der Waals surface area contributed by atoms with Gasteiger partial charge in [-0.3, -0.25) is 0 Å². The van der Waals surface area contributed by atoms with Gasteiger partial charge in [-0.05, 0) is 19.1 Å². The molecule has 0 aliphatic carbocycles. The number of hydrogen-bond acceptors (Lipinski definition) is 4. The third-order valence-electron chi connectivity index (χ3n) is 2.57. The van der Waals surface area contributed by atoms with E-state index in [0.717, 1.165) is 17.8 Å². The van der Waals surface area contributed by atoms with Crippen LogP contribution in [0.25, 0.3) is 5.78 Å². The maximum atomic E-state index is 13.2. The van der Waals surface area contributed by atoms with Crippen molar-refractivity contribution < 1.29 is 8.78 Å². The van der Waals surface area contributed by atoms with Gasteiger partial charge in [0.1, 0.15) is 12.1 Å². The second kappa shape index (κ2) is 4.27. The number of aromatic nitrogens is 4. The summed E-state index contributed by atoms with van der Waals surface area (Å²) in [6, 6.07) is 5.32. The van der Waals surface area contributed by atoms with Crippen LogP contribution in [0.3, 0.4) is 0 Å². The van der Waals surface area contributed by atoms with Gasteiger partial charge < -0.3 is 5.32 Å². The molecular formula is C12H9F2N5. The molecule has 96 valence electrons. The molecule has 2 heterocycles. The topological polar surface area (TPSA) is 55.1 Å². The lowest BCUT2D eigenvalue weighted by Crippen LogP contribution is -2.03. The average molecular weight is 261 g/mol. The third-order valence-corrected chi connectivity index (χ3v) is 2.57. The highest BCUT2D eigenvalue weighted by atomic mass is 19.2. The van der Waals surface area contributed by atoms with E-state index >= 15 is 0 Å². The van der Waals surface area contributed by atoms with E-state index in [1.54, 1.807) is 6.07 Å². The Labute approximate surface area is 106 Å². The third kappa shape index (κ3) is 2.10. The minimum absolute atomic E-state index is 0.418. The predicted octanol–water partition coefficient (Wildman–Crippen LogP) is 2.45. The number of fused-ring (bicyclic) bond motifs is 1. The van der Waals surface area contributed by atoms with Crippen molar-refractivity contribution in [3.8, 4) is 0 Å². The van der Waals surface area contributed by atoms with Crippen molar-refractivity contribution in [2.45, 2.75) is 6.92 Å². The van der Waals surface area contributed by atoms with Gasteiger partial charge in [0.25, 0.3) is 5.78 Å². The van der Waals surface area contributed by atoms with E-state index in [2.05, 4.69) is 20.4 Å². The zero-order chi connectivity index (χ0) is 13.4. The van der Waals surface area contributed by atoms with Gasteiger partial charge in [-0.25, -0.2) is 13.8 Å². The fourth-order valence-electron chi connectivity index (χ4n) is 1.74. The monoisotopic (exact) mass is 261 g/mol. The molecule has 1 N–H and O–H groups in total. The van der Waals surface area contributed by atoms with Gasteiger partial charge in [0, 0.05) is 23.5 Å². The number of anilines is 2. The molecule has 3 aromatic rings. The number of benzene rings is 1. The molecular weight excluding hydrogens is 252 g/mol. The molecule has 0 fully saturated rings. The molecule has 5 nitrogen and oxygen atoms in total. The van der Waals surface area contributed by atoms with Crippen LogP contribution in [0.4, 0.5) is 20.3 Å². The van der Waals surface area contributed by atoms with Gasteiger partial charge in [-0.2, -0.15) is 14.6 Å². The van der Waals surface area contributed by atoms with E-state index in [9.17, 15) is 8.78 Å². The molecule has 0 spiro atoms. The molecule has 0 bridgehead atoms. The molecule has 0 amide bonds. The van der Waals surface area contributed by atoms with Crippen molar-refractivity contribution in [1.29, 1.82) is 0 Å². The summed E-state index contributed by atoms with van der Waals surface area (Å²) in [7, 11) is 0. The molecule has 1 aromatic carbocycles. The maximum absolute atomic E-state index is 13.2. The van der Waals surface area contributed by atoms with Crippen LogP contribution in [0.15, 0.2) is 30.6 Å². The Morgan fingerprint density at radius 2 is 2.00 bits per heavy atom. The Hall–Kier alpha value is -2.57. The highest BCUT2D eigenvalue weighted by molar-refractivity contribution is 5.58. The number of aryl methyl sites for hydroxylation is 1. The van der Waals surface area contributed by atoms with Crippen molar-refractivity contribution in [3.63, 3.8) is 0 Å². The summed E-state index contributed by atoms with van der Waals surface area (Å²) in [4.78, 5) is 8.17. The molecule has 0 aliphatic rings. The molecule has 2 aromatic heterocycles. The van der Waals surface area contributed by atoms with Crippen molar-refractivity contribution in [1.82, 2.24) is 19.6 Å². The van der Waals surface area contributed by atoms with Crippen molar-refractivity contribution in [2.24, 2.45) is 0 Å². The van der Waals surface area contributed by atoms with E-state index in [1.165, 1.54) is 16.9 Å². The van der Waals surface area contributed by atoms with Crippen molar-refractivity contribution >= 4 is 17.3 Å². The minimum Gasteiger partial charge on any atom is -0.340 e. The Bertz CT molecular complexity index is 753. The summed E-state index contributed by atoms with van der Waals surface area (Å²) in [5, 5.41) is 6.96. The molecule has 7 heteroatoms. The molecule has 0 saturated heterocycles. The standard InChI is InChI=1S/C12H9F2N5/c1-7-4-11(19-12(17-7)15-6-16-19)18-8-2-3-9(13)10(14)5-8/h2-6,18H,1H3. The number of rotatable bonds is 2. The lowest BCUT2D eigenvalue weighted by molar-refractivity contribution is 0.509. The Kier molecular flexibility index (Phi) is 2.59. The number of halogens is 2. The van der Waals surface area contributed by atoms with Gasteiger partial charge in [0.05, 0.1) is 0 Å². The highest BCUT2D eigenvalue weighted by Gasteiger charge is 2.07. The first-order valence-corrected chi connectivity index (χ1v) is 5.53. The largest absolute Gasteiger partial charge is 0.340 e. The normalized spacial score (nSPS) is 10.9. The van der Waals surface area contributed by atoms with Crippen molar-refractivity contribution in [2.75, 3.05) is 5.32 Å². The smallest absolute Gasteiger partial charge is 0.254 e. The first-order chi connectivity index (χ1) is 9.13. The first kappa shape index (κ1) is 11.5. The van der Waals surface area contributed by atoms with E-state index in [0.29, 0.717) is 17.3 Å². The Morgan fingerprint density at radius 1 is 1.16 bits per heavy atom. The van der Waals surface area contributed by atoms with Crippen LogP contribution in [0.5, 0.6) is 0 Å². The number of nitrogens with one attached hydrogen (secondary N) is 1. The van der Waals surface area contributed by atoms with Crippen LogP contribution >= 0.6 is 0 Å². The predicted molar refractivity (Wildman–Crippen MR) is 65.2 cm³/mol. The SMILES string of the molecule is Cc1cc(Nc2ccc(F)c(F)c2)n2ncnc2n1. The summed E-state index contributed by atoms with van der Waals surface area (Å²) in [5.74, 6) is -0.788. The van der Waals surface area contributed by atoms with Gasteiger partial charge in [-0.1, -0.05) is 0 Å². The number of nitrogens with zero attached hydrogens (tertiary/aromatic N) is 4. The lowest BCUT2D eigenvalue weighted by Gasteiger charge is -2.08. The van der Waals surface area contributed by atoms with Crippen LogP contribution in [-0.2, 0) is 0 Å². The van der Waals surface area contributed by atoms with Gasteiger partial charge in [-0.15, -0.1) is 0 Å². The Morgan fingerprint density at radius 3 is 2.79 bits per heavy atom. The molecule has 0 saturated carbocycles. The average Bonchev–Trinajstić information content (AvgIpc) is 2.82. The molecule has 0 radical (unpaired) electrons. The summed E-state index contributed by atoms with van der Waals surface area (Å²) in [6.45, 7) is 1.81. The van der Waals surface area contributed by atoms with Gasteiger partial charge in [0.2, 0.25) is 0 Å². The van der Waals surface area contributed by atoms with Crippen LogP contribution in [0.1, 0.15) is 5.69 Å². The second-order valence-electron chi connectivity index (χ2n) is 4.01. The molecule has 0 unspecified atom stereocenters. The van der Waals surface area contributed by atoms with Gasteiger partial charge in [0.15, 0.2) is 11.6 Å². The Balaban J connectivity index is 2.04. The summed E-state index contributed by atoms with van der Waals surface area (Å²) in [6.07, 6.45) is 1.37. The summed E-state index contributed by atoms with van der Waals surface area (Å²) >= 11 is 0. The van der Waals surface area contributed by atoms with Crippen molar-refractivity contribution in [3.05, 3.63) is 47.9 Å². The molecule has 19 heavy (non-hydrogen) atoms. The van der Waals surface area contributed by atoms with Crippen LogP contribution in [-0.4, -0.2) is 19.6 Å². The first-order valence-electron chi connectivity index (χ1n) is 5.53. The van der Waals surface area contributed by atoms with E-state index in [-0.39, 0.29) is 0 Å². The molecule has 3 rings (SSSR count). The quantitative estimate of drug-likeness (QED) is 0.769. The van der Waals surface area contributed by atoms with E-state index in [1.807, 2.05) is 6.92 Å². The minimum atomic E-state index is -0.911.